The predicted octanol–water partition coefficient (Wildman–Crippen LogP) is 4.83. The SMILES string of the molecule is Cc1ccc2[nH]c3ccc(CC(C)C)cc3c2c1. The van der Waals surface area contributed by atoms with Gasteiger partial charge in [0.15, 0.2) is 0 Å². The topological polar surface area (TPSA) is 15.8 Å². The lowest BCUT2D eigenvalue weighted by molar-refractivity contribution is 0.648. The maximum Gasteiger partial charge on any atom is 0.0465 e. The Balaban J connectivity index is 2.24. The summed E-state index contributed by atoms with van der Waals surface area (Å²) in [5.74, 6) is 0.703. The zero-order valence-corrected chi connectivity index (χ0v) is 11.2. The van der Waals surface area contributed by atoms with Crippen molar-refractivity contribution in [1.82, 2.24) is 4.98 Å². The predicted molar refractivity (Wildman–Crippen MR) is 79.1 cm³/mol. The lowest BCUT2D eigenvalue weighted by Crippen LogP contribution is -1.93. The van der Waals surface area contributed by atoms with Crippen LogP contribution in [0.1, 0.15) is 25.0 Å². The number of nitrogens with one attached hydrogen (secondary N) is 1. The molecule has 0 amide bonds. The largest absolute Gasteiger partial charge is 0.355 e. The third-order valence-corrected chi connectivity index (χ3v) is 3.46. The summed E-state index contributed by atoms with van der Waals surface area (Å²) in [6, 6.07) is 13.4. The highest BCUT2D eigenvalue weighted by Gasteiger charge is 2.06. The van der Waals surface area contributed by atoms with Crippen LogP contribution in [0.2, 0.25) is 0 Å². The van der Waals surface area contributed by atoms with Crippen LogP contribution in [-0.2, 0) is 6.42 Å². The first-order valence-corrected chi connectivity index (χ1v) is 6.64. The Hall–Kier alpha value is -1.76. The molecule has 1 N–H and O–H groups in total. The van der Waals surface area contributed by atoms with Gasteiger partial charge in [-0.15, -0.1) is 0 Å². The minimum absolute atomic E-state index is 0.703. The number of H-pyrrole nitrogens is 1. The van der Waals surface area contributed by atoms with E-state index in [1.807, 2.05) is 0 Å². The molecule has 0 spiro atoms. The van der Waals surface area contributed by atoms with Gasteiger partial charge in [-0.25, -0.2) is 0 Å². The average Bonchev–Trinajstić information content (AvgIpc) is 2.66. The van der Waals surface area contributed by atoms with Crippen LogP contribution in [0.3, 0.4) is 0 Å². The molecule has 0 radical (unpaired) electrons. The lowest BCUT2D eigenvalue weighted by atomic mass is 10.0. The monoisotopic (exact) mass is 237 g/mol. The molecule has 1 nitrogen and oxygen atoms in total. The van der Waals surface area contributed by atoms with Crippen LogP contribution in [0, 0.1) is 12.8 Å². The Kier molecular flexibility index (Phi) is 2.62. The van der Waals surface area contributed by atoms with E-state index < -0.39 is 0 Å². The third kappa shape index (κ3) is 1.90. The van der Waals surface area contributed by atoms with E-state index in [9.17, 15) is 0 Å². The van der Waals surface area contributed by atoms with Crippen molar-refractivity contribution in [2.45, 2.75) is 27.2 Å². The van der Waals surface area contributed by atoms with E-state index in [1.54, 1.807) is 0 Å². The summed E-state index contributed by atoms with van der Waals surface area (Å²) < 4.78 is 0. The number of aromatic amines is 1. The van der Waals surface area contributed by atoms with Gasteiger partial charge in [0.2, 0.25) is 0 Å². The smallest absolute Gasteiger partial charge is 0.0465 e. The molecule has 0 aliphatic rings. The molecule has 0 saturated heterocycles. The van der Waals surface area contributed by atoms with Crippen molar-refractivity contribution >= 4 is 21.8 Å². The molecule has 1 aromatic heterocycles. The minimum atomic E-state index is 0.703. The fraction of sp³-hybridized carbons (Fsp3) is 0.294. The number of aromatic nitrogens is 1. The van der Waals surface area contributed by atoms with Gasteiger partial charge in [-0.3, -0.25) is 0 Å². The number of rotatable bonds is 2. The second kappa shape index (κ2) is 4.16. The molecule has 0 unspecified atom stereocenters. The molecule has 92 valence electrons. The van der Waals surface area contributed by atoms with Gasteiger partial charge in [-0.05, 0) is 49.1 Å². The standard InChI is InChI=1S/C17H19N/c1-11(2)8-13-5-7-17-15(10-13)14-9-12(3)4-6-16(14)18-17/h4-7,9-11,18H,8H2,1-3H3. The quantitative estimate of drug-likeness (QED) is 0.657. The number of benzene rings is 2. The van der Waals surface area contributed by atoms with E-state index >= 15 is 0 Å². The molecule has 0 aliphatic heterocycles. The fourth-order valence-corrected chi connectivity index (χ4v) is 2.66. The van der Waals surface area contributed by atoms with E-state index in [4.69, 9.17) is 0 Å². The summed E-state index contributed by atoms with van der Waals surface area (Å²) in [5, 5.41) is 2.70. The molecule has 0 bridgehead atoms. The van der Waals surface area contributed by atoms with Crippen LogP contribution in [-0.4, -0.2) is 4.98 Å². The second-order valence-corrected chi connectivity index (χ2v) is 5.65. The zero-order chi connectivity index (χ0) is 12.7. The summed E-state index contributed by atoms with van der Waals surface area (Å²) >= 11 is 0. The normalized spacial score (nSPS) is 11.8. The van der Waals surface area contributed by atoms with E-state index in [0.29, 0.717) is 5.92 Å². The number of hydrogen-bond acceptors (Lipinski definition) is 0. The molecule has 3 rings (SSSR count). The van der Waals surface area contributed by atoms with Gasteiger partial charge in [0, 0.05) is 21.8 Å². The van der Waals surface area contributed by atoms with Crippen LogP contribution in [0.5, 0.6) is 0 Å². The first kappa shape index (κ1) is 11.3. The summed E-state index contributed by atoms with van der Waals surface area (Å²) in [7, 11) is 0. The zero-order valence-electron chi connectivity index (χ0n) is 11.2. The van der Waals surface area contributed by atoms with Crippen LogP contribution in [0.4, 0.5) is 0 Å². The van der Waals surface area contributed by atoms with Crippen LogP contribution in [0.15, 0.2) is 36.4 Å². The molecule has 18 heavy (non-hydrogen) atoms. The second-order valence-electron chi connectivity index (χ2n) is 5.65. The summed E-state index contributed by atoms with van der Waals surface area (Å²) in [6.07, 6.45) is 1.15. The molecule has 0 fully saturated rings. The molecule has 0 aliphatic carbocycles. The van der Waals surface area contributed by atoms with Gasteiger partial charge in [-0.2, -0.15) is 0 Å². The third-order valence-electron chi connectivity index (χ3n) is 3.46. The average molecular weight is 237 g/mol. The Morgan fingerprint density at radius 3 is 2.33 bits per heavy atom. The first-order chi connectivity index (χ1) is 8.63. The van der Waals surface area contributed by atoms with E-state index in [2.05, 4.69) is 62.2 Å². The maximum absolute atomic E-state index is 3.49. The molecular weight excluding hydrogens is 218 g/mol. The maximum atomic E-state index is 3.49. The summed E-state index contributed by atoms with van der Waals surface area (Å²) in [6.45, 7) is 6.68. The van der Waals surface area contributed by atoms with Crippen LogP contribution in [0.25, 0.3) is 21.8 Å². The highest BCUT2D eigenvalue weighted by Crippen LogP contribution is 2.27. The van der Waals surface area contributed by atoms with Crippen molar-refractivity contribution < 1.29 is 0 Å². The van der Waals surface area contributed by atoms with Gasteiger partial charge in [0.25, 0.3) is 0 Å². The minimum Gasteiger partial charge on any atom is -0.355 e. The number of hydrogen-bond donors (Lipinski definition) is 1. The van der Waals surface area contributed by atoms with Crippen molar-refractivity contribution in [3.63, 3.8) is 0 Å². The fourth-order valence-electron chi connectivity index (χ4n) is 2.66. The number of fused-ring (bicyclic) bond motifs is 3. The van der Waals surface area contributed by atoms with Crippen molar-refractivity contribution in [3.05, 3.63) is 47.5 Å². The highest BCUT2D eigenvalue weighted by atomic mass is 14.7. The van der Waals surface area contributed by atoms with Gasteiger partial charge >= 0.3 is 0 Å². The molecule has 0 atom stereocenters. The van der Waals surface area contributed by atoms with Gasteiger partial charge in [-0.1, -0.05) is 31.5 Å². The highest BCUT2D eigenvalue weighted by molar-refractivity contribution is 6.07. The molecule has 1 heteroatoms. The molecular formula is C17H19N. The molecule has 3 aromatic rings. The van der Waals surface area contributed by atoms with Crippen molar-refractivity contribution in [2.24, 2.45) is 5.92 Å². The van der Waals surface area contributed by atoms with Crippen molar-refractivity contribution in [3.8, 4) is 0 Å². The number of aryl methyl sites for hydroxylation is 1. The summed E-state index contributed by atoms with van der Waals surface area (Å²) in [5.41, 5.74) is 5.22. The van der Waals surface area contributed by atoms with E-state index in [1.165, 1.54) is 32.9 Å². The Bertz CT molecular complexity index is 704. The Labute approximate surface area is 108 Å². The van der Waals surface area contributed by atoms with E-state index in [0.717, 1.165) is 6.42 Å². The van der Waals surface area contributed by atoms with Crippen LogP contribution < -0.4 is 0 Å². The Morgan fingerprint density at radius 2 is 1.61 bits per heavy atom. The van der Waals surface area contributed by atoms with Crippen molar-refractivity contribution in [1.29, 1.82) is 0 Å². The van der Waals surface area contributed by atoms with Gasteiger partial charge < -0.3 is 4.98 Å². The first-order valence-electron chi connectivity index (χ1n) is 6.64. The summed E-state index contributed by atoms with van der Waals surface area (Å²) in [4.78, 5) is 3.49. The molecule has 2 aromatic carbocycles. The van der Waals surface area contributed by atoms with Gasteiger partial charge in [0.1, 0.15) is 0 Å². The molecule has 0 saturated carbocycles. The Morgan fingerprint density at radius 1 is 0.944 bits per heavy atom. The lowest BCUT2D eigenvalue weighted by Gasteiger charge is -2.04. The molecule has 1 heterocycles. The van der Waals surface area contributed by atoms with Crippen LogP contribution >= 0.6 is 0 Å². The van der Waals surface area contributed by atoms with Gasteiger partial charge in [0.05, 0.1) is 0 Å². The van der Waals surface area contributed by atoms with Crippen molar-refractivity contribution in [2.75, 3.05) is 0 Å². The van der Waals surface area contributed by atoms with E-state index in [-0.39, 0.29) is 0 Å².